The van der Waals surface area contributed by atoms with E-state index in [-0.39, 0.29) is 0 Å². The van der Waals surface area contributed by atoms with Crippen molar-refractivity contribution in [2.24, 2.45) is 0 Å². The van der Waals surface area contributed by atoms with Crippen molar-refractivity contribution < 1.29 is 4.74 Å². The minimum absolute atomic E-state index is 0.589. The van der Waals surface area contributed by atoms with Crippen molar-refractivity contribution >= 4 is 17.1 Å². The minimum Gasteiger partial charge on any atom is -0.399 e. The van der Waals surface area contributed by atoms with E-state index in [9.17, 15) is 0 Å². The number of rotatable bonds is 4. The average Bonchev–Trinajstić information content (AvgIpc) is 2.40. The molecule has 2 aromatic rings. The molecule has 0 unspecified atom stereocenters. The number of hydrogen-bond acceptors (Lipinski definition) is 4. The Bertz CT molecular complexity index is 582. The molecule has 2 aromatic carbocycles. The summed E-state index contributed by atoms with van der Waals surface area (Å²) < 4.78 is 5.09. The first-order valence-electron chi connectivity index (χ1n) is 6.14. The van der Waals surface area contributed by atoms with Crippen LogP contribution in [0.15, 0.2) is 36.4 Å². The predicted molar refractivity (Wildman–Crippen MR) is 80.7 cm³/mol. The largest absolute Gasteiger partial charge is 0.399 e. The maximum atomic E-state index is 6.07. The maximum Gasteiger partial charge on any atom is 0.0627 e. The molecule has 0 aliphatic carbocycles. The van der Waals surface area contributed by atoms with Gasteiger partial charge in [0.1, 0.15) is 0 Å². The second-order valence-electron chi connectivity index (χ2n) is 4.51. The lowest BCUT2D eigenvalue weighted by molar-refractivity contribution is 0.202. The number of anilines is 3. The zero-order chi connectivity index (χ0) is 13.8. The summed E-state index contributed by atoms with van der Waals surface area (Å²) in [5, 5.41) is 0. The van der Waals surface area contributed by atoms with Crippen molar-refractivity contribution in [3.8, 4) is 11.1 Å². The van der Waals surface area contributed by atoms with Crippen LogP contribution in [0.4, 0.5) is 17.1 Å². The summed E-state index contributed by atoms with van der Waals surface area (Å²) in [6.07, 6.45) is 0.802. The number of ether oxygens (including phenoxy) is 1. The van der Waals surface area contributed by atoms with Gasteiger partial charge in [-0.15, -0.1) is 0 Å². The highest BCUT2D eigenvalue weighted by molar-refractivity contribution is 5.86. The Balaban J connectivity index is 2.46. The Labute approximate surface area is 113 Å². The van der Waals surface area contributed by atoms with E-state index in [0.29, 0.717) is 23.7 Å². The van der Waals surface area contributed by atoms with E-state index in [1.165, 1.54) is 0 Å². The molecule has 0 heterocycles. The van der Waals surface area contributed by atoms with E-state index in [1.807, 2.05) is 36.4 Å². The van der Waals surface area contributed by atoms with E-state index in [4.69, 9.17) is 21.9 Å². The van der Waals surface area contributed by atoms with E-state index < -0.39 is 0 Å². The summed E-state index contributed by atoms with van der Waals surface area (Å²) >= 11 is 0. The van der Waals surface area contributed by atoms with Gasteiger partial charge in [0.2, 0.25) is 0 Å². The molecule has 0 atom stereocenters. The summed E-state index contributed by atoms with van der Waals surface area (Å²) in [6, 6.07) is 11.6. The van der Waals surface area contributed by atoms with Crippen LogP contribution in [0.1, 0.15) is 5.56 Å². The second kappa shape index (κ2) is 5.63. The Morgan fingerprint density at radius 1 is 1.05 bits per heavy atom. The fourth-order valence-electron chi connectivity index (χ4n) is 2.05. The van der Waals surface area contributed by atoms with Gasteiger partial charge >= 0.3 is 0 Å². The van der Waals surface area contributed by atoms with E-state index in [1.54, 1.807) is 7.11 Å². The fourth-order valence-corrected chi connectivity index (χ4v) is 2.05. The molecule has 0 saturated carbocycles. The summed E-state index contributed by atoms with van der Waals surface area (Å²) in [7, 11) is 1.68. The highest BCUT2D eigenvalue weighted by Crippen LogP contribution is 2.32. The lowest BCUT2D eigenvalue weighted by Crippen LogP contribution is -2.02. The average molecular weight is 257 g/mol. The number of methoxy groups -OCH3 is 1. The summed E-state index contributed by atoms with van der Waals surface area (Å²) in [4.78, 5) is 0. The second-order valence-corrected chi connectivity index (χ2v) is 4.51. The number of hydrogen-bond donors (Lipinski definition) is 3. The molecule has 0 fully saturated rings. The molecule has 0 aliphatic rings. The van der Waals surface area contributed by atoms with Crippen LogP contribution in [0.5, 0.6) is 0 Å². The first-order chi connectivity index (χ1) is 9.11. The molecule has 6 N–H and O–H groups in total. The van der Waals surface area contributed by atoms with Crippen molar-refractivity contribution in [3.63, 3.8) is 0 Å². The van der Waals surface area contributed by atoms with Crippen LogP contribution in [0.3, 0.4) is 0 Å². The van der Waals surface area contributed by atoms with Gasteiger partial charge in [0, 0.05) is 18.4 Å². The van der Waals surface area contributed by atoms with E-state index in [2.05, 4.69) is 0 Å². The van der Waals surface area contributed by atoms with Gasteiger partial charge in [0.25, 0.3) is 0 Å². The Hall–Kier alpha value is -2.20. The molecule has 0 saturated heterocycles. The zero-order valence-corrected chi connectivity index (χ0v) is 11.0. The van der Waals surface area contributed by atoms with Gasteiger partial charge in [-0.05, 0) is 41.8 Å². The summed E-state index contributed by atoms with van der Waals surface area (Å²) in [5.74, 6) is 0. The highest BCUT2D eigenvalue weighted by Gasteiger charge is 2.08. The fraction of sp³-hybridized carbons (Fsp3) is 0.200. The van der Waals surface area contributed by atoms with Crippen LogP contribution in [-0.2, 0) is 11.2 Å². The molecule has 0 bridgehead atoms. The third-order valence-corrected chi connectivity index (χ3v) is 3.06. The monoisotopic (exact) mass is 257 g/mol. The van der Waals surface area contributed by atoms with Crippen LogP contribution in [-0.4, -0.2) is 13.7 Å². The van der Waals surface area contributed by atoms with Crippen molar-refractivity contribution in [2.75, 3.05) is 30.9 Å². The van der Waals surface area contributed by atoms with Gasteiger partial charge in [-0.2, -0.15) is 0 Å². The quantitative estimate of drug-likeness (QED) is 0.733. The van der Waals surface area contributed by atoms with Gasteiger partial charge < -0.3 is 21.9 Å². The lowest BCUT2D eigenvalue weighted by atomic mass is 9.98. The van der Waals surface area contributed by atoms with Crippen LogP contribution >= 0.6 is 0 Å². The van der Waals surface area contributed by atoms with E-state index in [0.717, 1.165) is 23.1 Å². The van der Waals surface area contributed by atoms with Crippen LogP contribution < -0.4 is 17.2 Å². The molecule has 0 radical (unpaired) electrons. The Morgan fingerprint density at radius 3 is 2.53 bits per heavy atom. The van der Waals surface area contributed by atoms with Crippen LogP contribution in [0.2, 0.25) is 0 Å². The molecule has 4 heteroatoms. The lowest BCUT2D eigenvalue weighted by Gasteiger charge is -2.12. The number of nitrogen functional groups attached to an aromatic ring is 3. The van der Waals surface area contributed by atoms with Gasteiger partial charge in [-0.25, -0.2) is 0 Å². The van der Waals surface area contributed by atoms with Gasteiger partial charge in [-0.3, -0.25) is 0 Å². The first kappa shape index (κ1) is 13.2. The zero-order valence-electron chi connectivity index (χ0n) is 11.0. The predicted octanol–water partition coefficient (Wildman–Crippen LogP) is 2.29. The van der Waals surface area contributed by atoms with Crippen molar-refractivity contribution in [2.45, 2.75) is 6.42 Å². The molecule has 100 valence electrons. The third-order valence-electron chi connectivity index (χ3n) is 3.06. The maximum absolute atomic E-state index is 6.07. The smallest absolute Gasteiger partial charge is 0.0627 e. The van der Waals surface area contributed by atoms with Crippen LogP contribution in [0.25, 0.3) is 11.1 Å². The molecular formula is C15H19N3O. The van der Waals surface area contributed by atoms with Crippen LogP contribution in [0, 0.1) is 0 Å². The number of benzene rings is 2. The molecule has 0 amide bonds. The Kier molecular flexibility index (Phi) is 3.92. The standard InChI is InChI=1S/C15H19N3O/c1-19-6-5-10-7-13(15(18)14(17)8-10)11-3-2-4-12(16)9-11/h2-4,7-9H,5-6,16-18H2,1H3. The first-order valence-corrected chi connectivity index (χ1v) is 6.14. The van der Waals surface area contributed by atoms with Crippen molar-refractivity contribution in [1.29, 1.82) is 0 Å². The minimum atomic E-state index is 0.589. The molecule has 19 heavy (non-hydrogen) atoms. The highest BCUT2D eigenvalue weighted by atomic mass is 16.5. The Morgan fingerprint density at radius 2 is 1.84 bits per heavy atom. The topological polar surface area (TPSA) is 87.3 Å². The molecule has 0 aromatic heterocycles. The molecular weight excluding hydrogens is 238 g/mol. The van der Waals surface area contributed by atoms with Crippen molar-refractivity contribution in [1.82, 2.24) is 0 Å². The van der Waals surface area contributed by atoms with Gasteiger partial charge in [0.15, 0.2) is 0 Å². The SMILES string of the molecule is COCCc1cc(N)c(N)c(-c2cccc(N)c2)c1. The van der Waals surface area contributed by atoms with E-state index >= 15 is 0 Å². The summed E-state index contributed by atoms with van der Waals surface area (Å²) in [5.41, 5.74) is 22.7. The normalized spacial score (nSPS) is 10.6. The van der Waals surface area contributed by atoms with Crippen molar-refractivity contribution in [3.05, 3.63) is 42.0 Å². The van der Waals surface area contributed by atoms with Gasteiger partial charge in [0.05, 0.1) is 18.0 Å². The molecule has 0 aliphatic heterocycles. The van der Waals surface area contributed by atoms with Gasteiger partial charge in [-0.1, -0.05) is 12.1 Å². The molecule has 2 rings (SSSR count). The molecule has 0 spiro atoms. The molecule has 4 nitrogen and oxygen atoms in total. The number of nitrogens with two attached hydrogens (primary N) is 3. The third kappa shape index (κ3) is 2.98. The summed E-state index contributed by atoms with van der Waals surface area (Å²) in [6.45, 7) is 0.653.